The summed E-state index contributed by atoms with van der Waals surface area (Å²) in [4.78, 5) is 36.3. The molecule has 0 unspecified atom stereocenters. The minimum atomic E-state index is -0.379. The van der Waals surface area contributed by atoms with Crippen LogP contribution in [0.4, 0.5) is 0 Å². The third-order valence-electron chi connectivity index (χ3n) is 5.10. The van der Waals surface area contributed by atoms with E-state index >= 15 is 0 Å². The Kier molecular flexibility index (Phi) is 5.85. The summed E-state index contributed by atoms with van der Waals surface area (Å²) in [5, 5.41) is 2.72. The number of benzene rings is 2. The average Bonchev–Trinajstić information content (AvgIpc) is 3.47. The molecule has 3 heterocycles. The number of esters is 1. The zero-order valence-electron chi connectivity index (χ0n) is 17.7. The van der Waals surface area contributed by atoms with Gasteiger partial charge in [0.25, 0.3) is 5.91 Å². The lowest BCUT2D eigenvalue weighted by atomic mass is 10.1. The average molecular weight is 474 g/mol. The molecule has 33 heavy (non-hydrogen) atoms. The zero-order valence-corrected chi connectivity index (χ0v) is 19.4. The van der Waals surface area contributed by atoms with Crippen molar-refractivity contribution in [2.45, 2.75) is 13.5 Å². The highest BCUT2D eigenvalue weighted by molar-refractivity contribution is 7.16. The standard InChI is InChI=1S/C25H19N3O3S2/c1-2-31-23(29)15-28-20-10-5-6-11-22(20)33-25(28)27-24(30)17-14-19(21-12-7-13-32-21)26-18-9-4-3-8-16(17)18/h3-14H,2,15H2,1H3. The van der Waals surface area contributed by atoms with Gasteiger partial charge in [0.05, 0.1) is 38.5 Å². The number of ether oxygens (including phenoxy) is 1. The summed E-state index contributed by atoms with van der Waals surface area (Å²) < 4.78 is 7.81. The van der Waals surface area contributed by atoms with Gasteiger partial charge < -0.3 is 9.30 Å². The van der Waals surface area contributed by atoms with Crippen LogP contribution in [0.25, 0.3) is 31.7 Å². The van der Waals surface area contributed by atoms with Gasteiger partial charge in [-0.2, -0.15) is 4.99 Å². The second-order valence-electron chi connectivity index (χ2n) is 7.21. The van der Waals surface area contributed by atoms with Gasteiger partial charge in [-0.3, -0.25) is 9.59 Å². The maximum Gasteiger partial charge on any atom is 0.326 e. The largest absolute Gasteiger partial charge is 0.465 e. The summed E-state index contributed by atoms with van der Waals surface area (Å²) >= 11 is 2.94. The van der Waals surface area contributed by atoms with Crippen LogP contribution in [0.5, 0.6) is 0 Å². The summed E-state index contributed by atoms with van der Waals surface area (Å²) in [5.41, 5.74) is 2.78. The summed E-state index contributed by atoms with van der Waals surface area (Å²) in [6, 6.07) is 20.9. The highest BCUT2D eigenvalue weighted by atomic mass is 32.1. The van der Waals surface area contributed by atoms with Crippen LogP contribution < -0.4 is 4.80 Å². The first-order chi connectivity index (χ1) is 16.1. The first kappa shape index (κ1) is 21.2. The highest BCUT2D eigenvalue weighted by Gasteiger charge is 2.16. The Morgan fingerprint density at radius 1 is 1.06 bits per heavy atom. The zero-order chi connectivity index (χ0) is 22.8. The highest BCUT2D eigenvalue weighted by Crippen LogP contribution is 2.28. The molecular formula is C25H19N3O3S2. The lowest BCUT2D eigenvalue weighted by Gasteiger charge is -2.07. The predicted octanol–water partition coefficient (Wildman–Crippen LogP) is 5.28. The van der Waals surface area contributed by atoms with E-state index in [-0.39, 0.29) is 18.4 Å². The number of fused-ring (bicyclic) bond motifs is 2. The summed E-state index contributed by atoms with van der Waals surface area (Å²) in [6.07, 6.45) is 0. The van der Waals surface area contributed by atoms with E-state index in [1.807, 2.05) is 66.0 Å². The monoisotopic (exact) mass is 473 g/mol. The van der Waals surface area contributed by atoms with Gasteiger partial charge in [-0.1, -0.05) is 47.7 Å². The molecule has 0 aliphatic heterocycles. The van der Waals surface area contributed by atoms with Gasteiger partial charge in [0.2, 0.25) is 0 Å². The third-order valence-corrected chi connectivity index (χ3v) is 7.05. The van der Waals surface area contributed by atoms with E-state index in [9.17, 15) is 9.59 Å². The number of hydrogen-bond acceptors (Lipinski definition) is 6. The van der Waals surface area contributed by atoms with Crippen LogP contribution in [0.15, 0.2) is 77.1 Å². The second kappa shape index (κ2) is 9.09. The van der Waals surface area contributed by atoms with Crippen molar-refractivity contribution in [2.75, 3.05) is 6.61 Å². The fraction of sp³-hybridized carbons (Fsp3) is 0.120. The summed E-state index contributed by atoms with van der Waals surface area (Å²) in [5.74, 6) is -0.750. The molecule has 164 valence electrons. The molecule has 0 bridgehead atoms. The number of carbonyl (C=O) groups excluding carboxylic acids is 2. The molecule has 3 aromatic heterocycles. The number of nitrogens with zero attached hydrogens (tertiary/aromatic N) is 3. The SMILES string of the molecule is CCOC(=O)Cn1c(=NC(=O)c2cc(-c3cccs3)nc3ccccc23)sc2ccccc21. The number of thiophene rings is 1. The van der Waals surface area contributed by atoms with Crippen molar-refractivity contribution < 1.29 is 14.3 Å². The number of rotatable bonds is 5. The van der Waals surface area contributed by atoms with Crippen LogP contribution in [0, 0.1) is 0 Å². The van der Waals surface area contributed by atoms with E-state index in [4.69, 9.17) is 9.72 Å². The van der Waals surface area contributed by atoms with Crippen molar-refractivity contribution in [2.24, 2.45) is 4.99 Å². The van der Waals surface area contributed by atoms with Crippen molar-refractivity contribution in [3.63, 3.8) is 0 Å². The van der Waals surface area contributed by atoms with Crippen LogP contribution >= 0.6 is 22.7 Å². The van der Waals surface area contributed by atoms with Gasteiger partial charge in [0, 0.05) is 5.39 Å². The van der Waals surface area contributed by atoms with Crippen molar-refractivity contribution in [1.82, 2.24) is 9.55 Å². The quantitative estimate of drug-likeness (QED) is 0.325. The molecule has 5 aromatic rings. The number of thiazole rings is 1. The Morgan fingerprint density at radius 2 is 1.88 bits per heavy atom. The molecule has 0 aliphatic rings. The molecule has 8 heteroatoms. The number of pyridine rings is 1. The van der Waals surface area contributed by atoms with E-state index in [0.29, 0.717) is 17.0 Å². The van der Waals surface area contributed by atoms with Crippen LogP contribution in [-0.4, -0.2) is 28.0 Å². The van der Waals surface area contributed by atoms with Gasteiger partial charge in [0.15, 0.2) is 4.80 Å². The van der Waals surface area contributed by atoms with Crippen LogP contribution in [-0.2, 0) is 16.1 Å². The van der Waals surface area contributed by atoms with Crippen molar-refractivity contribution in [3.8, 4) is 10.6 Å². The fourth-order valence-corrected chi connectivity index (χ4v) is 5.36. The Labute approximate surface area is 197 Å². The number of amides is 1. The number of para-hydroxylation sites is 2. The molecule has 0 aliphatic carbocycles. The van der Waals surface area contributed by atoms with Gasteiger partial charge in [-0.15, -0.1) is 11.3 Å². The Hall–Kier alpha value is -3.62. The van der Waals surface area contributed by atoms with Gasteiger partial charge in [0.1, 0.15) is 6.54 Å². The molecule has 5 rings (SSSR count). The minimum Gasteiger partial charge on any atom is -0.465 e. The van der Waals surface area contributed by atoms with E-state index in [1.165, 1.54) is 11.3 Å². The molecule has 0 fully saturated rings. The van der Waals surface area contributed by atoms with Gasteiger partial charge in [-0.05, 0) is 42.6 Å². The molecule has 0 radical (unpaired) electrons. The Bertz CT molecular complexity index is 1550. The Balaban J connectivity index is 1.67. The Morgan fingerprint density at radius 3 is 2.70 bits per heavy atom. The minimum absolute atomic E-state index is 0.0124. The first-order valence-electron chi connectivity index (χ1n) is 10.4. The van der Waals surface area contributed by atoms with E-state index in [2.05, 4.69) is 4.99 Å². The van der Waals surface area contributed by atoms with Crippen molar-refractivity contribution >= 4 is 55.7 Å². The maximum absolute atomic E-state index is 13.5. The maximum atomic E-state index is 13.5. The molecule has 0 atom stereocenters. The normalized spacial score (nSPS) is 11.8. The smallest absolute Gasteiger partial charge is 0.326 e. The molecule has 0 N–H and O–H groups in total. The molecule has 0 saturated heterocycles. The van der Waals surface area contributed by atoms with E-state index in [0.717, 1.165) is 31.7 Å². The first-order valence-corrected chi connectivity index (χ1v) is 12.1. The molecular weight excluding hydrogens is 454 g/mol. The fourth-order valence-electron chi connectivity index (χ4n) is 3.64. The van der Waals surface area contributed by atoms with Crippen LogP contribution in [0.3, 0.4) is 0 Å². The van der Waals surface area contributed by atoms with Gasteiger partial charge >= 0.3 is 5.97 Å². The number of hydrogen-bond donors (Lipinski definition) is 0. The molecule has 6 nitrogen and oxygen atoms in total. The van der Waals surface area contributed by atoms with Crippen molar-refractivity contribution in [3.05, 3.63) is 82.5 Å². The predicted molar refractivity (Wildman–Crippen MR) is 131 cm³/mol. The second-order valence-corrected chi connectivity index (χ2v) is 9.17. The van der Waals surface area contributed by atoms with Crippen LogP contribution in [0.2, 0.25) is 0 Å². The lowest BCUT2D eigenvalue weighted by Crippen LogP contribution is -2.23. The van der Waals surface area contributed by atoms with Gasteiger partial charge in [-0.25, -0.2) is 4.98 Å². The topological polar surface area (TPSA) is 73.6 Å². The number of aromatic nitrogens is 2. The molecule has 1 amide bonds. The summed E-state index contributed by atoms with van der Waals surface area (Å²) in [7, 11) is 0. The molecule has 0 saturated carbocycles. The molecule has 2 aromatic carbocycles. The molecule has 0 spiro atoms. The third kappa shape index (κ3) is 4.22. The number of carbonyl (C=O) groups is 2. The van der Waals surface area contributed by atoms with E-state index < -0.39 is 0 Å². The van der Waals surface area contributed by atoms with Crippen molar-refractivity contribution in [1.29, 1.82) is 0 Å². The summed E-state index contributed by atoms with van der Waals surface area (Å²) in [6.45, 7) is 2.05. The lowest BCUT2D eigenvalue weighted by molar-refractivity contribution is -0.143. The van der Waals surface area contributed by atoms with E-state index in [1.54, 1.807) is 28.9 Å². The van der Waals surface area contributed by atoms with Crippen LogP contribution in [0.1, 0.15) is 17.3 Å².